The van der Waals surface area contributed by atoms with E-state index in [9.17, 15) is 20.0 Å². The second-order valence-corrected chi connectivity index (χ2v) is 5.19. The number of aromatic nitrogens is 1. The van der Waals surface area contributed by atoms with Crippen LogP contribution in [-0.4, -0.2) is 21.0 Å². The molecule has 1 N–H and O–H groups in total. The van der Waals surface area contributed by atoms with Gasteiger partial charge in [0, 0.05) is 10.5 Å². The van der Waals surface area contributed by atoms with Crippen molar-refractivity contribution in [2.24, 2.45) is 5.92 Å². The van der Waals surface area contributed by atoms with Crippen LogP contribution in [0.15, 0.2) is 16.7 Å². The Morgan fingerprint density at radius 1 is 1.61 bits per heavy atom. The van der Waals surface area contributed by atoms with Crippen LogP contribution in [0.3, 0.4) is 0 Å². The first kappa shape index (κ1) is 14.6. The predicted molar refractivity (Wildman–Crippen MR) is 68.4 cm³/mol. The van der Waals surface area contributed by atoms with Gasteiger partial charge in [0.1, 0.15) is 12.1 Å². The van der Waals surface area contributed by atoms with Crippen LogP contribution >= 0.6 is 15.9 Å². The highest BCUT2D eigenvalue weighted by Gasteiger charge is 2.26. The van der Waals surface area contributed by atoms with E-state index in [1.165, 1.54) is 6.07 Å². The standard InChI is InChI=1S/C11H13BrN2O4/c1-6(2)3-8(11(15)16)10-9(12)4-7(5-13-10)14(17)18/h4-6,8H,3H2,1-2H3,(H,15,16). The third-order valence-corrected chi connectivity index (χ3v) is 3.04. The van der Waals surface area contributed by atoms with Crippen molar-refractivity contribution >= 4 is 27.6 Å². The summed E-state index contributed by atoms with van der Waals surface area (Å²) in [6.45, 7) is 3.82. The van der Waals surface area contributed by atoms with Crippen LogP contribution in [0.2, 0.25) is 0 Å². The highest BCUT2D eigenvalue weighted by Crippen LogP contribution is 2.30. The van der Waals surface area contributed by atoms with Crippen molar-refractivity contribution in [1.82, 2.24) is 4.98 Å². The summed E-state index contributed by atoms with van der Waals surface area (Å²) in [5, 5.41) is 19.8. The Hall–Kier alpha value is -1.50. The van der Waals surface area contributed by atoms with Crippen LogP contribution in [0, 0.1) is 16.0 Å². The number of halogens is 1. The van der Waals surface area contributed by atoms with E-state index in [1.807, 2.05) is 13.8 Å². The fourth-order valence-corrected chi connectivity index (χ4v) is 2.21. The van der Waals surface area contributed by atoms with E-state index in [0.29, 0.717) is 16.6 Å². The molecule has 0 bridgehead atoms. The van der Waals surface area contributed by atoms with Crippen molar-refractivity contribution < 1.29 is 14.8 Å². The van der Waals surface area contributed by atoms with Gasteiger partial charge in [0.25, 0.3) is 5.69 Å². The minimum atomic E-state index is -0.981. The minimum absolute atomic E-state index is 0.167. The number of pyridine rings is 1. The summed E-state index contributed by atoms with van der Waals surface area (Å²) in [5.74, 6) is -1.55. The van der Waals surface area contributed by atoms with Crippen LogP contribution in [0.1, 0.15) is 31.9 Å². The third-order valence-electron chi connectivity index (χ3n) is 2.40. The first-order chi connectivity index (χ1) is 8.32. The van der Waals surface area contributed by atoms with Crippen LogP contribution in [0.25, 0.3) is 0 Å². The molecular weight excluding hydrogens is 304 g/mol. The van der Waals surface area contributed by atoms with Gasteiger partial charge >= 0.3 is 5.97 Å². The molecule has 7 heteroatoms. The van der Waals surface area contributed by atoms with Crippen molar-refractivity contribution in [2.75, 3.05) is 0 Å². The lowest BCUT2D eigenvalue weighted by atomic mass is 9.94. The average molecular weight is 317 g/mol. The van der Waals surface area contributed by atoms with Gasteiger partial charge in [-0.3, -0.25) is 19.9 Å². The van der Waals surface area contributed by atoms with Crippen molar-refractivity contribution in [1.29, 1.82) is 0 Å². The number of hydrogen-bond acceptors (Lipinski definition) is 4. The lowest BCUT2D eigenvalue weighted by Gasteiger charge is -2.15. The number of carboxylic acid groups (broad SMARTS) is 1. The maximum atomic E-state index is 11.2. The topological polar surface area (TPSA) is 93.3 Å². The molecule has 0 aliphatic heterocycles. The molecule has 1 heterocycles. The average Bonchev–Trinajstić information content (AvgIpc) is 2.25. The zero-order valence-electron chi connectivity index (χ0n) is 9.96. The van der Waals surface area contributed by atoms with Gasteiger partial charge in [-0.25, -0.2) is 0 Å². The zero-order valence-corrected chi connectivity index (χ0v) is 11.5. The molecule has 0 saturated carbocycles. The number of nitro groups is 1. The molecule has 1 aromatic heterocycles. The highest BCUT2D eigenvalue weighted by molar-refractivity contribution is 9.10. The number of hydrogen-bond donors (Lipinski definition) is 1. The van der Waals surface area contributed by atoms with Gasteiger partial charge in [0.05, 0.1) is 10.6 Å². The Bertz CT molecular complexity index is 476. The lowest BCUT2D eigenvalue weighted by Crippen LogP contribution is -2.16. The maximum absolute atomic E-state index is 11.2. The van der Waals surface area contributed by atoms with E-state index >= 15 is 0 Å². The number of aliphatic carboxylic acids is 1. The van der Waals surface area contributed by atoms with Crippen LogP contribution in [-0.2, 0) is 4.79 Å². The van der Waals surface area contributed by atoms with E-state index in [1.54, 1.807) is 0 Å². The van der Waals surface area contributed by atoms with Gasteiger partial charge < -0.3 is 5.11 Å². The third kappa shape index (κ3) is 3.49. The molecule has 18 heavy (non-hydrogen) atoms. The van der Waals surface area contributed by atoms with Crippen molar-refractivity contribution in [3.8, 4) is 0 Å². The number of rotatable bonds is 5. The fraction of sp³-hybridized carbons (Fsp3) is 0.455. The number of carboxylic acids is 1. The smallest absolute Gasteiger partial charge is 0.312 e. The van der Waals surface area contributed by atoms with Crippen molar-refractivity contribution in [3.63, 3.8) is 0 Å². The van der Waals surface area contributed by atoms with E-state index in [0.717, 1.165) is 6.20 Å². The second-order valence-electron chi connectivity index (χ2n) is 4.34. The van der Waals surface area contributed by atoms with Gasteiger partial charge in [0.15, 0.2) is 0 Å². The summed E-state index contributed by atoms with van der Waals surface area (Å²) in [5.41, 5.74) is 0.154. The van der Waals surface area contributed by atoms with Gasteiger partial charge in [-0.2, -0.15) is 0 Å². The summed E-state index contributed by atoms with van der Waals surface area (Å²) >= 11 is 3.14. The molecular formula is C11H13BrN2O4. The molecule has 0 saturated heterocycles. The van der Waals surface area contributed by atoms with Gasteiger partial charge in [0.2, 0.25) is 0 Å². The van der Waals surface area contributed by atoms with Gasteiger partial charge in [-0.1, -0.05) is 13.8 Å². The Balaban J connectivity index is 3.13. The van der Waals surface area contributed by atoms with Crippen molar-refractivity contribution in [3.05, 3.63) is 32.5 Å². The Labute approximate surface area is 112 Å². The van der Waals surface area contributed by atoms with E-state index in [2.05, 4.69) is 20.9 Å². The largest absolute Gasteiger partial charge is 0.481 e. The normalized spacial score (nSPS) is 12.4. The molecule has 0 aliphatic carbocycles. The molecule has 1 aromatic rings. The van der Waals surface area contributed by atoms with Crippen molar-refractivity contribution in [2.45, 2.75) is 26.2 Å². The molecule has 6 nitrogen and oxygen atoms in total. The first-order valence-corrected chi connectivity index (χ1v) is 6.14. The van der Waals surface area contributed by atoms with Gasteiger partial charge in [-0.15, -0.1) is 0 Å². The molecule has 1 atom stereocenters. The Kier molecular flexibility index (Phi) is 4.77. The molecule has 98 valence electrons. The summed E-state index contributed by atoms with van der Waals surface area (Å²) in [7, 11) is 0. The molecule has 0 spiro atoms. The number of nitrogens with zero attached hydrogens (tertiary/aromatic N) is 2. The molecule has 1 unspecified atom stereocenters. The SMILES string of the molecule is CC(C)CC(C(=O)O)c1ncc([N+](=O)[O-])cc1Br. The molecule has 1 rings (SSSR count). The summed E-state index contributed by atoms with van der Waals surface area (Å²) < 4.78 is 0.352. The lowest BCUT2D eigenvalue weighted by molar-refractivity contribution is -0.385. The van der Waals surface area contributed by atoms with Crippen LogP contribution in [0.5, 0.6) is 0 Å². The zero-order chi connectivity index (χ0) is 13.9. The van der Waals surface area contributed by atoms with E-state index < -0.39 is 16.8 Å². The monoisotopic (exact) mass is 316 g/mol. The summed E-state index contributed by atoms with van der Waals surface area (Å²) in [4.78, 5) is 25.1. The molecule has 0 radical (unpaired) electrons. The quantitative estimate of drug-likeness (QED) is 0.665. The molecule has 0 aliphatic rings. The summed E-state index contributed by atoms with van der Waals surface area (Å²) in [6.07, 6.45) is 1.51. The van der Waals surface area contributed by atoms with Crippen LogP contribution in [0.4, 0.5) is 5.69 Å². The predicted octanol–water partition coefficient (Wildman–Crippen LogP) is 2.97. The highest BCUT2D eigenvalue weighted by atomic mass is 79.9. The first-order valence-electron chi connectivity index (χ1n) is 5.35. The van der Waals surface area contributed by atoms with Crippen LogP contribution < -0.4 is 0 Å². The molecule has 0 amide bonds. The minimum Gasteiger partial charge on any atom is -0.481 e. The number of carbonyl (C=O) groups is 1. The fourth-order valence-electron chi connectivity index (χ4n) is 1.60. The van der Waals surface area contributed by atoms with Gasteiger partial charge in [-0.05, 0) is 28.3 Å². The van der Waals surface area contributed by atoms with E-state index in [-0.39, 0.29) is 11.6 Å². The second kappa shape index (κ2) is 5.90. The summed E-state index contributed by atoms with van der Waals surface area (Å²) in [6, 6.07) is 1.28. The van der Waals surface area contributed by atoms with E-state index in [4.69, 9.17) is 0 Å². The Morgan fingerprint density at radius 2 is 2.22 bits per heavy atom. The molecule has 0 fully saturated rings. The Morgan fingerprint density at radius 3 is 2.61 bits per heavy atom. The maximum Gasteiger partial charge on any atom is 0.312 e. The molecule has 0 aromatic carbocycles.